The molecule has 9 heterocycles. The lowest BCUT2D eigenvalue weighted by molar-refractivity contribution is -0.125. The third-order valence-electron chi connectivity index (χ3n) is 16.6. The molecule has 3 aromatic heterocycles. The Kier molecular flexibility index (Phi) is 16.3. The van der Waals surface area contributed by atoms with Crippen molar-refractivity contribution in [2.24, 2.45) is 0 Å². The first-order chi connectivity index (χ1) is 43.0. The van der Waals surface area contributed by atoms with Gasteiger partial charge >= 0.3 is 0 Å². The van der Waals surface area contributed by atoms with E-state index < -0.39 is 24.4 Å². The van der Waals surface area contributed by atoms with Gasteiger partial charge in [-0.2, -0.15) is 0 Å². The highest BCUT2D eigenvalue weighted by atomic mass is 16.5. The fraction of sp³-hybridized carbons (Fsp3) is 0.294. The predicted molar refractivity (Wildman–Crippen MR) is 337 cm³/mol. The molecule has 4 amide bonds. The van der Waals surface area contributed by atoms with Gasteiger partial charge in [0.15, 0.2) is 0 Å². The van der Waals surface area contributed by atoms with Crippen molar-refractivity contribution in [2.75, 3.05) is 76.1 Å². The number of ether oxygens (including phenoxy) is 8. The summed E-state index contributed by atoms with van der Waals surface area (Å²) in [6, 6.07) is 29.7. The summed E-state index contributed by atoms with van der Waals surface area (Å²) in [5.41, 5.74) is 10.5. The Morgan fingerprint density at radius 1 is 0.386 bits per heavy atom. The van der Waals surface area contributed by atoms with Crippen LogP contribution in [0.25, 0.3) is 90.9 Å². The highest BCUT2D eigenvalue weighted by molar-refractivity contribution is 6.12. The molecule has 6 N–H and O–H groups in total. The lowest BCUT2D eigenvalue weighted by atomic mass is 9.98. The van der Waals surface area contributed by atoms with Gasteiger partial charge in [0, 0.05) is 94.0 Å². The van der Waals surface area contributed by atoms with Crippen LogP contribution in [0.5, 0.6) is 23.0 Å². The number of rotatable bonds is 16. The minimum Gasteiger partial charge on any atom is -0.497 e. The molecule has 450 valence electrons. The number of aromatic nitrogens is 4. The van der Waals surface area contributed by atoms with Crippen molar-refractivity contribution in [1.82, 2.24) is 19.9 Å². The first kappa shape index (κ1) is 57.5. The monoisotopic (exact) mass is 1190 g/mol. The third-order valence-corrected chi connectivity index (χ3v) is 16.6. The second-order valence-corrected chi connectivity index (χ2v) is 22.1. The summed E-state index contributed by atoms with van der Waals surface area (Å²) < 4.78 is 47.2. The summed E-state index contributed by atoms with van der Waals surface area (Å²) >= 11 is 0. The summed E-state index contributed by atoms with van der Waals surface area (Å²) in [6.07, 6.45) is 10.0. The molecule has 4 atom stereocenters. The standard InChI is InChI=1S/C68H66N8O12/c1-81-39-31-37(32-40(35-39)82-2)59-47-19-23-51(69-47)63(61-43(73-65(77)55-15-7-27-85-55)11-5-12-44(61)74-66(78)56-16-8-28-86-56)53-25-21-49(71-53)60(38-33-41(83-3)36-42(34-38)84-4)50-22-26-54(72-50)64(52-24-20-48(59)70-52)62-45(75-67(79)57-17-9-29-87-57)13-6-14-46(62)76-68(80)58-18-10-30-88-58/h5-6,11-14,19-26,31-36,55-58,69,72H,7-10,15-18,27-30H2,1-4H3,(H,73,77)(H,74,78)(H,75,79)(H,76,80)/t55-,56-,57-,58-/m0/s1. The molecule has 13 rings (SSSR count). The van der Waals surface area contributed by atoms with Crippen LogP contribution in [0.1, 0.15) is 74.1 Å². The number of benzene rings is 4. The Balaban J connectivity index is 1.16. The topological polar surface area (TPSA) is 248 Å². The average Bonchev–Trinajstić information content (AvgIpc) is 1.84. The second kappa shape index (κ2) is 25.0. The second-order valence-electron chi connectivity index (χ2n) is 22.1. The molecule has 20 heteroatoms. The van der Waals surface area contributed by atoms with Crippen LogP contribution >= 0.6 is 0 Å². The maximum Gasteiger partial charge on any atom is 0.253 e. The van der Waals surface area contributed by atoms with E-state index in [2.05, 4.69) is 31.2 Å². The van der Waals surface area contributed by atoms with Gasteiger partial charge < -0.3 is 69.1 Å². The summed E-state index contributed by atoms with van der Waals surface area (Å²) in [5.74, 6) is 0.763. The molecule has 20 nitrogen and oxygen atoms in total. The van der Waals surface area contributed by atoms with Gasteiger partial charge in [0.05, 0.1) is 74.0 Å². The van der Waals surface area contributed by atoms with Crippen molar-refractivity contribution in [1.29, 1.82) is 0 Å². The van der Waals surface area contributed by atoms with Crippen LogP contribution in [-0.4, -0.2) is 123 Å². The van der Waals surface area contributed by atoms with Crippen LogP contribution in [0.4, 0.5) is 22.7 Å². The largest absolute Gasteiger partial charge is 0.497 e. The smallest absolute Gasteiger partial charge is 0.253 e. The molecule has 7 aromatic rings. The Labute approximate surface area is 507 Å². The number of carbonyl (C=O) groups excluding carboxylic acids is 4. The van der Waals surface area contributed by atoms with Gasteiger partial charge in [0.2, 0.25) is 0 Å². The summed E-state index contributed by atoms with van der Waals surface area (Å²) in [7, 11) is 6.35. The molecule has 8 bridgehead atoms. The van der Waals surface area contributed by atoms with Gasteiger partial charge in [0.25, 0.3) is 23.6 Å². The maximum atomic E-state index is 14.3. The molecule has 6 aliphatic heterocycles. The number of nitrogens with zero attached hydrogens (tertiary/aromatic N) is 2. The fourth-order valence-corrected chi connectivity index (χ4v) is 12.3. The highest BCUT2D eigenvalue weighted by Crippen LogP contribution is 2.46. The molecule has 4 fully saturated rings. The van der Waals surface area contributed by atoms with E-state index in [0.29, 0.717) is 187 Å². The van der Waals surface area contributed by atoms with Crippen molar-refractivity contribution < 1.29 is 57.1 Å². The van der Waals surface area contributed by atoms with Crippen LogP contribution in [0.2, 0.25) is 0 Å². The molecular formula is C68H66N8O12. The normalized spacial score (nSPS) is 18.5. The minimum absolute atomic E-state index is 0.328. The van der Waals surface area contributed by atoms with E-state index in [1.807, 2.05) is 72.8 Å². The van der Waals surface area contributed by atoms with Gasteiger partial charge in [0.1, 0.15) is 47.4 Å². The summed E-state index contributed by atoms with van der Waals surface area (Å²) in [5, 5.41) is 12.8. The zero-order valence-electron chi connectivity index (χ0n) is 49.1. The van der Waals surface area contributed by atoms with Crippen molar-refractivity contribution >= 4 is 92.7 Å². The lowest BCUT2D eigenvalue weighted by Crippen LogP contribution is -2.28. The quantitative estimate of drug-likeness (QED) is 0.0527. The van der Waals surface area contributed by atoms with E-state index in [4.69, 9.17) is 47.9 Å². The van der Waals surface area contributed by atoms with Gasteiger partial charge in [-0.25, -0.2) is 9.97 Å². The molecule has 6 aliphatic rings. The molecule has 4 aromatic carbocycles. The van der Waals surface area contributed by atoms with Crippen molar-refractivity contribution in [3.63, 3.8) is 0 Å². The van der Waals surface area contributed by atoms with Crippen LogP contribution in [0, 0.1) is 0 Å². The van der Waals surface area contributed by atoms with Gasteiger partial charge in [-0.05, 0) is 160 Å². The van der Waals surface area contributed by atoms with Gasteiger partial charge in [-0.1, -0.05) is 12.1 Å². The molecule has 0 saturated carbocycles. The number of hydrogen-bond donors (Lipinski definition) is 6. The average molecular weight is 1190 g/mol. The molecule has 0 unspecified atom stereocenters. The number of amides is 4. The fourth-order valence-electron chi connectivity index (χ4n) is 12.3. The lowest BCUT2D eigenvalue weighted by Gasteiger charge is -2.20. The third kappa shape index (κ3) is 11.5. The molecule has 88 heavy (non-hydrogen) atoms. The number of hydrogen-bond acceptors (Lipinski definition) is 14. The minimum atomic E-state index is -0.684. The number of methoxy groups -OCH3 is 4. The number of anilines is 4. The molecular weight excluding hydrogens is 1120 g/mol. The number of aromatic amines is 2. The summed E-state index contributed by atoms with van der Waals surface area (Å²) in [6.45, 7) is 1.83. The first-order valence-corrected chi connectivity index (χ1v) is 29.6. The Morgan fingerprint density at radius 3 is 0.920 bits per heavy atom. The van der Waals surface area contributed by atoms with E-state index in [0.717, 1.165) is 25.7 Å². The van der Waals surface area contributed by atoms with Crippen LogP contribution in [0.3, 0.4) is 0 Å². The predicted octanol–water partition coefficient (Wildman–Crippen LogP) is 11.8. The Morgan fingerprint density at radius 2 is 0.659 bits per heavy atom. The zero-order valence-corrected chi connectivity index (χ0v) is 49.1. The van der Waals surface area contributed by atoms with E-state index in [9.17, 15) is 19.2 Å². The van der Waals surface area contributed by atoms with Crippen molar-refractivity contribution in [3.8, 4) is 67.5 Å². The van der Waals surface area contributed by atoms with E-state index >= 15 is 0 Å². The molecule has 4 saturated heterocycles. The molecule has 0 radical (unpaired) electrons. The number of carbonyl (C=O) groups is 4. The van der Waals surface area contributed by atoms with Crippen molar-refractivity contribution in [3.05, 3.63) is 120 Å². The number of H-pyrrole nitrogens is 2. The SMILES string of the molecule is COc1cc(OC)cc(-c2c3nc(c(-c4c(NC(=O)[C@@H]5CCCO5)cccc4NC(=O)[C@@H]4CCCO4)c4ccc([nH]4)c(-c4cc(OC)cc(OC)c4)c4nc(c(-c5c(NC(=O)[C@@H]6CCCO6)cccc5NC(=O)[C@@H]5CCCO5)c5ccc2[nH]5)C=C4)C=C3)c1. The van der Waals surface area contributed by atoms with Crippen molar-refractivity contribution in [2.45, 2.75) is 75.8 Å². The van der Waals surface area contributed by atoms with E-state index in [1.165, 1.54) is 0 Å². The number of fused-ring (bicyclic) bond motifs is 8. The number of nitrogens with one attached hydrogen (secondary N) is 6. The van der Waals surface area contributed by atoms with E-state index in [1.54, 1.807) is 77.0 Å². The van der Waals surface area contributed by atoms with Gasteiger partial charge in [-0.3, -0.25) is 19.2 Å². The first-order valence-electron chi connectivity index (χ1n) is 29.6. The maximum absolute atomic E-state index is 14.3. The van der Waals surface area contributed by atoms with Gasteiger partial charge in [-0.15, -0.1) is 0 Å². The molecule has 0 aliphatic carbocycles. The zero-order chi connectivity index (χ0) is 60.4. The summed E-state index contributed by atoms with van der Waals surface area (Å²) in [4.78, 5) is 75.8. The van der Waals surface area contributed by atoms with E-state index in [-0.39, 0.29) is 23.6 Å². The Bertz CT molecular complexity index is 3740. The van der Waals surface area contributed by atoms with Crippen LogP contribution in [-0.2, 0) is 38.1 Å². The Hall–Kier alpha value is -9.60. The highest BCUT2D eigenvalue weighted by Gasteiger charge is 2.32. The van der Waals surface area contributed by atoms with Crippen LogP contribution < -0.4 is 40.2 Å². The van der Waals surface area contributed by atoms with Crippen LogP contribution in [0.15, 0.2) is 97.1 Å². The molecule has 0 spiro atoms.